The smallest absolute Gasteiger partial charge is 0.315 e. The number of aromatic amines is 1. The number of benzene rings is 1. The Kier molecular flexibility index (Phi) is 4.81. The zero-order chi connectivity index (χ0) is 17.0. The molecule has 0 saturated heterocycles. The van der Waals surface area contributed by atoms with Crippen LogP contribution in [0.15, 0.2) is 28.2 Å². The number of nitro benzene ring substituents is 1. The van der Waals surface area contributed by atoms with Gasteiger partial charge in [-0.15, -0.1) is 0 Å². The van der Waals surface area contributed by atoms with Crippen molar-refractivity contribution in [3.05, 3.63) is 49.1 Å². The Hall–Kier alpha value is -3.08. The van der Waals surface area contributed by atoms with E-state index >= 15 is 0 Å². The van der Waals surface area contributed by atoms with Crippen molar-refractivity contribution in [2.24, 2.45) is 5.10 Å². The first-order valence-electron chi connectivity index (χ1n) is 6.29. The van der Waals surface area contributed by atoms with Crippen LogP contribution in [0.5, 0.6) is 11.5 Å². The number of hydrogen-bond acceptors (Lipinski definition) is 8. The first-order chi connectivity index (χ1) is 10.9. The fraction of sp³-hybridized carbons (Fsp3) is 0.167. The lowest BCUT2D eigenvalue weighted by atomic mass is 10.2. The third kappa shape index (κ3) is 3.58. The number of aromatic nitrogens is 3. The number of phenols is 1. The van der Waals surface area contributed by atoms with Crippen LogP contribution in [-0.2, 0) is 0 Å². The van der Waals surface area contributed by atoms with Gasteiger partial charge in [0, 0.05) is 11.6 Å². The minimum atomic E-state index is -0.750. The molecule has 1 aromatic heterocycles. The predicted octanol–water partition coefficient (Wildman–Crippen LogP) is 1.20. The molecular formula is C12H11N5O5S. The summed E-state index contributed by atoms with van der Waals surface area (Å²) in [5.74, 6) is -0.636. The lowest BCUT2D eigenvalue weighted by molar-refractivity contribution is -0.386. The normalized spacial score (nSPS) is 10.8. The van der Waals surface area contributed by atoms with E-state index in [4.69, 9.17) is 17.0 Å². The van der Waals surface area contributed by atoms with Crippen LogP contribution in [-0.4, -0.2) is 37.7 Å². The Morgan fingerprint density at radius 2 is 2.35 bits per heavy atom. The molecule has 2 aromatic rings. The largest absolute Gasteiger partial charge is 0.500 e. The van der Waals surface area contributed by atoms with Gasteiger partial charge in [-0.05, 0) is 25.2 Å². The molecule has 23 heavy (non-hydrogen) atoms. The second-order valence-corrected chi connectivity index (χ2v) is 4.53. The van der Waals surface area contributed by atoms with Crippen molar-refractivity contribution < 1.29 is 14.8 Å². The first kappa shape index (κ1) is 16.3. The lowest BCUT2D eigenvalue weighted by Gasteiger charge is -2.07. The number of nitro groups is 1. The summed E-state index contributed by atoms with van der Waals surface area (Å²) in [7, 11) is 0. The van der Waals surface area contributed by atoms with Crippen molar-refractivity contribution in [2.75, 3.05) is 6.61 Å². The fourth-order valence-electron chi connectivity index (χ4n) is 1.67. The Balaban J connectivity index is 2.51. The number of phenolic OH excluding ortho intramolecular Hbond substituents is 1. The molecule has 0 aliphatic heterocycles. The van der Waals surface area contributed by atoms with Crippen LogP contribution in [0, 0.1) is 14.9 Å². The van der Waals surface area contributed by atoms with E-state index in [9.17, 15) is 20.0 Å². The molecule has 11 heteroatoms. The van der Waals surface area contributed by atoms with Crippen molar-refractivity contribution >= 4 is 24.1 Å². The maximum absolute atomic E-state index is 11.6. The minimum absolute atomic E-state index is 0.0351. The van der Waals surface area contributed by atoms with Crippen molar-refractivity contribution in [1.29, 1.82) is 0 Å². The molecule has 10 nitrogen and oxygen atoms in total. The van der Waals surface area contributed by atoms with Crippen molar-refractivity contribution in [3.8, 4) is 11.5 Å². The highest BCUT2D eigenvalue weighted by Crippen LogP contribution is 2.36. The zero-order valence-electron chi connectivity index (χ0n) is 11.8. The van der Waals surface area contributed by atoms with Crippen LogP contribution in [0.1, 0.15) is 12.5 Å². The summed E-state index contributed by atoms with van der Waals surface area (Å²) in [6, 6.07) is 2.45. The molecule has 0 amide bonds. The third-order valence-electron chi connectivity index (χ3n) is 2.63. The Labute approximate surface area is 133 Å². The molecule has 0 radical (unpaired) electrons. The molecule has 0 bridgehead atoms. The van der Waals surface area contributed by atoms with Crippen LogP contribution in [0.25, 0.3) is 0 Å². The van der Waals surface area contributed by atoms with Gasteiger partial charge in [0.15, 0.2) is 5.75 Å². The highest BCUT2D eigenvalue weighted by atomic mass is 32.1. The van der Waals surface area contributed by atoms with Crippen molar-refractivity contribution in [1.82, 2.24) is 14.9 Å². The van der Waals surface area contributed by atoms with Gasteiger partial charge in [0.25, 0.3) is 5.56 Å². The van der Waals surface area contributed by atoms with E-state index in [0.29, 0.717) is 0 Å². The van der Waals surface area contributed by atoms with E-state index in [1.54, 1.807) is 6.92 Å². The Morgan fingerprint density at radius 3 is 2.96 bits per heavy atom. The van der Waals surface area contributed by atoms with Gasteiger partial charge >= 0.3 is 5.69 Å². The van der Waals surface area contributed by atoms with Gasteiger partial charge in [-0.3, -0.25) is 20.0 Å². The van der Waals surface area contributed by atoms with E-state index in [0.717, 1.165) is 16.9 Å². The van der Waals surface area contributed by atoms with Gasteiger partial charge < -0.3 is 9.84 Å². The molecule has 1 aromatic carbocycles. The monoisotopic (exact) mass is 337 g/mol. The van der Waals surface area contributed by atoms with Crippen LogP contribution in [0.4, 0.5) is 5.69 Å². The number of hydrogen-bond donors (Lipinski definition) is 2. The quantitative estimate of drug-likeness (QED) is 0.362. The molecule has 2 N–H and O–H groups in total. The lowest BCUT2D eigenvalue weighted by Crippen LogP contribution is -2.18. The first-order valence-corrected chi connectivity index (χ1v) is 6.70. The molecule has 0 aliphatic carbocycles. The molecule has 1 heterocycles. The summed E-state index contributed by atoms with van der Waals surface area (Å²) < 4.78 is 5.97. The maximum Gasteiger partial charge on any atom is 0.315 e. The highest BCUT2D eigenvalue weighted by Gasteiger charge is 2.19. The molecule has 120 valence electrons. The SMILES string of the molecule is CCOc1cc(C=Nn2c(=O)cn[nH]c2=S)cc([N+](=O)[O-])c1O. The summed E-state index contributed by atoms with van der Waals surface area (Å²) in [6.07, 6.45) is 2.16. The average Bonchev–Trinajstić information content (AvgIpc) is 2.49. The van der Waals surface area contributed by atoms with Crippen LogP contribution < -0.4 is 10.3 Å². The van der Waals surface area contributed by atoms with Gasteiger partial charge in [0.1, 0.15) is 6.20 Å². The summed E-state index contributed by atoms with van der Waals surface area (Å²) in [5.41, 5.74) is -0.857. The maximum atomic E-state index is 11.6. The van der Waals surface area contributed by atoms with Crippen LogP contribution in [0.2, 0.25) is 0 Å². The van der Waals surface area contributed by atoms with Crippen molar-refractivity contribution in [3.63, 3.8) is 0 Å². The third-order valence-corrected chi connectivity index (χ3v) is 2.90. The minimum Gasteiger partial charge on any atom is -0.500 e. The summed E-state index contributed by atoms with van der Waals surface area (Å²) >= 11 is 4.87. The molecule has 0 aliphatic rings. The number of aromatic hydroxyl groups is 1. The molecule has 2 rings (SSSR count). The Bertz CT molecular complexity index is 860. The summed E-state index contributed by atoms with van der Waals surface area (Å²) in [4.78, 5) is 21.8. The summed E-state index contributed by atoms with van der Waals surface area (Å²) in [5, 5.41) is 30.5. The van der Waals surface area contributed by atoms with Gasteiger partial charge in [-0.25, -0.2) is 0 Å². The molecular weight excluding hydrogens is 326 g/mol. The van der Waals surface area contributed by atoms with Gasteiger partial charge in [0.05, 0.1) is 17.7 Å². The average molecular weight is 337 g/mol. The second kappa shape index (κ2) is 6.79. The van der Waals surface area contributed by atoms with E-state index < -0.39 is 21.9 Å². The predicted molar refractivity (Wildman–Crippen MR) is 82.6 cm³/mol. The molecule has 0 unspecified atom stereocenters. The molecule has 0 atom stereocenters. The summed E-state index contributed by atoms with van der Waals surface area (Å²) in [6.45, 7) is 1.88. The topological polar surface area (TPSA) is 136 Å². The van der Waals surface area contributed by atoms with Gasteiger partial charge in [0.2, 0.25) is 10.5 Å². The Morgan fingerprint density at radius 1 is 1.61 bits per heavy atom. The molecule has 0 saturated carbocycles. The van der Waals surface area contributed by atoms with Crippen molar-refractivity contribution in [2.45, 2.75) is 6.92 Å². The second-order valence-electron chi connectivity index (χ2n) is 4.15. The van der Waals surface area contributed by atoms with E-state index in [1.165, 1.54) is 12.3 Å². The van der Waals surface area contributed by atoms with Crippen LogP contribution >= 0.6 is 12.2 Å². The van der Waals surface area contributed by atoms with E-state index in [2.05, 4.69) is 15.3 Å². The van der Waals surface area contributed by atoms with Gasteiger partial charge in [-0.1, -0.05) is 0 Å². The number of nitrogens with one attached hydrogen (secondary N) is 1. The molecule has 0 spiro atoms. The molecule has 0 fully saturated rings. The number of rotatable bonds is 5. The number of nitrogens with zero attached hydrogens (tertiary/aromatic N) is 4. The van der Waals surface area contributed by atoms with E-state index in [-0.39, 0.29) is 22.7 Å². The number of H-pyrrole nitrogens is 1. The van der Waals surface area contributed by atoms with Gasteiger partial charge in [-0.2, -0.15) is 14.9 Å². The standard InChI is InChI=1S/C12H11N5O5S/c1-2-22-9-4-7(3-8(11(9)19)17(20)21)5-14-16-10(18)6-13-15-12(16)23/h3-6,19H,2H2,1H3,(H,15,23). The van der Waals surface area contributed by atoms with Crippen LogP contribution in [0.3, 0.4) is 0 Å². The number of ether oxygens (including phenoxy) is 1. The highest BCUT2D eigenvalue weighted by molar-refractivity contribution is 7.71. The fourth-order valence-corrected chi connectivity index (χ4v) is 1.86. The zero-order valence-corrected chi connectivity index (χ0v) is 12.6. The van der Waals surface area contributed by atoms with E-state index in [1.807, 2.05) is 0 Å².